The Labute approximate surface area is 195 Å². The molecule has 2 saturated heterocycles. The number of sulfonamides is 1. The summed E-state index contributed by atoms with van der Waals surface area (Å²) in [4.78, 5) is 19.8. The van der Waals surface area contributed by atoms with Crippen molar-refractivity contribution in [3.63, 3.8) is 0 Å². The smallest absolute Gasteiger partial charge is 0.243 e. The Hall–Kier alpha value is -1.17. The Bertz CT molecular complexity index is 913. The maximum Gasteiger partial charge on any atom is 0.243 e. The van der Waals surface area contributed by atoms with Gasteiger partial charge in [-0.1, -0.05) is 0 Å². The number of morpholine rings is 1. The van der Waals surface area contributed by atoms with Gasteiger partial charge in [0.25, 0.3) is 0 Å². The highest BCUT2D eigenvalue weighted by Crippen LogP contribution is 2.37. The van der Waals surface area contributed by atoms with Crippen molar-refractivity contribution in [2.24, 2.45) is 0 Å². The largest absolute Gasteiger partial charge is 0.379 e. The van der Waals surface area contributed by atoms with Crippen molar-refractivity contribution < 1.29 is 17.9 Å². The molecule has 1 aromatic carbocycles. The van der Waals surface area contributed by atoms with E-state index in [9.17, 15) is 13.2 Å². The average molecular weight is 483 g/mol. The molecule has 0 spiro atoms. The molecule has 3 aliphatic heterocycles. The lowest BCUT2D eigenvalue weighted by Gasteiger charge is -2.37. The Balaban J connectivity index is 1.36. The van der Waals surface area contributed by atoms with Gasteiger partial charge in [-0.05, 0) is 38.1 Å². The predicted molar refractivity (Wildman–Crippen MR) is 127 cm³/mol. The van der Waals surface area contributed by atoms with Gasteiger partial charge in [0.1, 0.15) is 0 Å². The lowest BCUT2D eigenvalue weighted by atomic mass is 10.1. The fourth-order valence-electron chi connectivity index (χ4n) is 4.66. The van der Waals surface area contributed by atoms with Crippen molar-refractivity contribution in [3.05, 3.63) is 18.2 Å². The summed E-state index contributed by atoms with van der Waals surface area (Å²) in [6, 6.07) is 5.61. The summed E-state index contributed by atoms with van der Waals surface area (Å²) in [5, 5.41) is 0. The van der Waals surface area contributed by atoms with E-state index in [1.165, 1.54) is 6.92 Å². The maximum atomic E-state index is 13.3. The Morgan fingerprint density at radius 2 is 1.88 bits per heavy atom. The van der Waals surface area contributed by atoms with E-state index >= 15 is 0 Å². The zero-order valence-electron chi connectivity index (χ0n) is 19.0. The van der Waals surface area contributed by atoms with Gasteiger partial charge in [-0.25, -0.2) is 8.42 Å². The molecule has 10 heteroatoms. The number of likely N-dealkylation sites (N-methyl/N-ethyl adjacent to an activating group) is 1. The molecule has 3 heterocycles. The number of carbonyl (C=O) groups excluding carboxylic acids is 1. The van der Waals surface area contributed by atoms with Crippen LogP contribution in [0.2, 0.25) is 0 Å². The van der Waals surface area contributed by atoms with Crippen LogP contribution in [0.25, 0.3) is 0 Å². The molecule has 0 aliphatic carbocycles. The van der Waals surface area contributed by atoms with E-state index in [1.807, 2.05) is 6.07 Å². The average Bonchev–Trinajstić information content (AvgIpc) is 2.82. The molecule has 3 aliphatic rings. The lowest BCUT2D eigenvalue weighted by molar-refractivity contribution is -0.116. The molecule has 4 rings (SSSR count). The maximum absolute atomic E-state index is 13.3. The van der Waals surface area contributed by atoms with E-state index in [0.717, 1.165) is 62.9 Å². The number of rotatable bonds is 6. The normalized spacial score (nSPS) is 21.7. The van der Waals surface area contributed by atoms with Crippen molar-refractivity contribution >= 4 is 33.4 Å². The molecule has 0 atom stereocenters. The van der Waals surface area contributed by atoms with Crippen LogP contribution in [0.1, 0.15) is 19.8 Å². The number of amides is 1. The van der Waals surface area contributed by atoms with E-state index < -0.39 is 10.0 Å². The molecule has 0 unspecified atom stereocenters. The van der Waals surface area contributed by atoms with Gasteiger partial charge in [0.2, 0.25) is 15.9 Å². The van der Waals surface area contributed by atoms with Crippen molar-refractivity contribution in [3.8, 4) is 0 Å². The van der Waals surface area contributed by atoms with E-state index in [4.69, 9.17) is 4.74 Å². The van der Waals surface area contributed by atoms with E-state index in [1.54, 1.807) is 33.1 Å². The molecule has 0 radical (unpaired) electrons. The fraction of sp³-hybridized carbons (Fsp3) is 0.682. The molecule has 32 heavy (non-hydrogen) atoms. The number of nitrogens with zero attached hydrogens (tertiary/aromatic N) is 4. The minimum Gasteiger partial charge on any atom is -0.379 e. The molecule has 0 saturated carbocycles. The Morgan fingerprint density at radius 3 is 2.56 bits per heavy atom. The first kappa shape index (κ1) is 24.0. The first-order valence-corrected chi connectivity index (χ1v) is 13.8. The predicted octanol–water partition coefficient (Wildman–Crippen LogP) is 1.56. The van der Waals surface area contributed by atoms with Crippen molar-refractivity contribution in [2.75, 3.05) is 76.7 Å². The quantitative estimate of drug-likeness (QED) is 0.609. The van der Waals surface area contributed by atoms with Crippen LogP contribution in [0, 0.1) is 0 Å². The third kappa shape index (κ3) is 5.31. The molecule has 1 amide bonds. The van der Waals surface area contributed by atoms with Gasteiger partial charge < -0.3 is 14.5 Å². The summed E-state index contributed by atoms with van der Waals surface area (Å²) in [5.74, 6) is 0.771. The van der Waals surface area contributed by atoms with Gasteiger partial charge in [-0.2, -0.15) is 4.31 Å². The summed E-state index contributed by atoms with van der Waals surface area (Å²) in [6.45, 7) is 8.81. The summed E-state index contributed by atoms with van der Waals surface area (Å²) in [7, 11) is -1.43. The monoisotopic (exact) mass is 482 g/mol. The molecular formula is C22H34N4O4S2. The Morgan fingerprint density at radius 1 is 1.16 bits per heavy atom. The molecular weight excluding hydrogens is 448 g/mol. The van der Waals surface area contributed by atoms with Crippen LogP contribution >= 0.6 is 11.8 Å². The molecule has 0 N–H and O–H groups in total. The summed E-state index contributed by atoms with van der Waals surface area (Å²) < 4.78 is 33.7. The third-order valence-electron chi connectivity index (χ3n) is 6.73. The first-order chi connectivity index (χ1) is 15.4. The molecule has 1 aromatic rings. The molecule has 8 nitrogen and oxygen atoms in total. The molecule has 0 aromatic heterocycles. The van der Waals surface area contributed by atoms with Gasteiger partial charge in [0, 0.05) is 69.4 Å². The fourth-order valence-corrected chi connectivity index (χ4v) is 7.13. The van der Waals surface area contributed by atoms with Crippen LogP contribution in [0.5, 0.6) is 0 Å². The van der Waals surface area contributed by atoms with Crippen LogP contribution in [0.15, 0.2) is 28.0 Å². The second-order valence-electron chi connectivity index (χ2n) is 8.72. The van der Waals surface area contributed by atoms with Gasteiger partial charge >= 0.3 is 0 Å². The van der Waals surface area contributed by atoms with Crippen LogP contribution in [-0.4, -0.2) is 106 Å². The minimum atomic E-state index is -3.58. The zero-order chi connectivity index (χ0) is 22.7. The summed E-state index contributed by atoms with van der Waals surface area (Å²) in [6.07, 6.45) is 1.67. The van der Waals surface area contributed by atoms with E-state index in [0.29, 0.717) is 31.4 Å². The summed E-state index contributed by atoms with van der Waals surface area (Å²) in [5.41, 5.74) is 0.715. The van der Waals surface area contributed by atoms with Gasteiger partial charge in [0.15, 0.2) is 0 Å². The van der Waals surface area contributed by atoms with E-state index in [-0.39, 0.29) is 10.8 Å². The standard InChI is InChI=1S/C22H34N4O4S2/c1-18(27)26-13-16-31-22-4-3-20(17-21(22)26)32(28,29)25-7-5-19(6-8-25)23(2)9-10-24-11-14-30-15-12-24/h3-4,17,19H,5-16H2,1-2H3. The molecule has 0 bridgehead atoms. The topological polar surface area (TPSA) is 73.4 Å². The highest BCUT2D eigenvalue weighted by molar-refractivity contribution is 7.99. The third-order valence-corrected chi connectivity index (χ3v) is 9.67. The van der Waals surface area contributed by atoms with Crippen molar-refractivity contribution in [1.82, 2.24) is 14.1 Å². The number of thioether (sulfide) groups is 1. The number of hydrogen-bond donors (Lipinski definition) is 0. The SMILES string of the molecule is CC(=O)N1CCSc2ccc(S(=O)(=O)N3CCC(N(C)CCN4CCOCC4)CC3)cc21. The first-order valence-electron chi connectivity index (χ1n) is 11.4. The second-order valence-corrected chi connectivity index (χ2v) is 11.8. The number of piperidine rings is 1. The molecule has 2 fully saturated rings. The second kappa shape index (κ2) is 10.4. The minimum absolute atomic E-state index is 0.0537. The lowest BCUT2D eigenvalue weighted by Crippen LogP contribution is -2.48. The number of anilines is 1. The Kier molecular flexibility index (Phi) is 7.79. The number of carbonyl (C=O) groups is 1. The highest BCUT2D eigenvalue weighted by Gasteiger charge is 2.32. The zero-order valence-corrected chi connectivity index (χ0v) is 20.7. The van der Waals surface area contributed by atoms with Crippen LogP contribution < -0.4 is 4.90 Å². The van der Waals surface area contributed by atoms with Gasteiger partial charge in [-0.15, -0.1) is 11.8 Å². The van der Waals surface area contributed by atoms with Crippen LogP contribution in [0.3, 0.4) is 0 Å². The van der Waals surface area contributed by atoms with Gasteiger partial charge in [0.05, 0.1) is 23.8 Å². The number of ether oxygens (including phenoxy) is 1. The number of hydrogen-bond acceptors (Lipinski definition) is 7. The summed E-state index contributed by atoms with van der Waals surface area (Å²) >= 11 is 1.66. The van der Waals surface area contributed by atoms with Crippen LogP contribution in [0.4, 0.5) is 5.69 Å². The van der Waals surface area contributed by atoms with Crippen molar-refractivity contribution in [1.29, 1.82) is 0 Å². The van der Waals surface area contributed by atoms with Crippen LogP contribution in [-0.2, 0) is 19.6 Å². The van der Waals surface area contributed by atoms with Gasteiger partial charge in [-0.3, -0.25) is 9.69 Å². The number of fused-ring (bicyclic) bond motifs is 1. The number of benzene rings is 1. The van der Waals surface area contributed by atoms with Crippen molar-refractivity contribution in [2.45, 2.75) is 35.6 Å². The highest BCUT2D eigenvalue weighted by atomic mass is 32.2. The van der Waals surface area contributed by atoms with E-state index in [2.05, 4.69) is 16.8 Å². The molecule has 178 valence electrons.